The summed E-state index contributed by atoms with van der Waals surface area (Å²) in [7, 11) is 0. The van der Waals surface area contributed by atoms with Gasteiger partial charge in [0, 0.05) is 5.92 Å². The third kappa shape index (κ3) is 5.35. The van der Waals surface area contributed by atoms with Crippen LogP contribution in [0.4, 0.5) is 4.79 Å². The SMILES string of the molecule is CC(C)(OC(=O)[C@H](CC(=O)O)NC(=O)OCC1c2ccccc2-c2ccccc21)c1ccccc1. The molecule has 0 aliphatic heterocycles. The Morgan fingerprint density at radius 1 is 0.886 bits per heavy atom. The van der Waals surface area contributed by atoms with E-state index in [1.165, 1.54) is 0 Å². The van der Waals surface area contributed by atoms with Gasteiger partial charge < -0.3 is 19.9 Å². The Kier molecular flexibility index (Phi) is 6.87. The Hall–Kier alpha value is -4.13. The van der Waals surface area contributed by atoms with Crippen LogP contribution in [0, 0.1) is 0 Å². The van der Waals surface area contributed by atoms with Crippen molar-refractivity contribution < 1.29 is 29.0 Å². The molecule has 2 N–H and O–H groups in total. The third-order valence-electron chi connectivity index (χ3n) is 6.12. The minimum absolute atomic E-state index is 0.0458. The average Bonchev–Trinajstić information content (AvgIpc) is 3.16. The van der Waals surface area contributed by atoms with Gasteiger partial charge in [-0.15, -0.1) is 0 Å². The Morgan fingerprint density at radius 3 is 2.00 bits per heavy atom. The van der Waals surface area contributed by atoms with Crippen molar-refractivity contribution in [1.29, 1.82) is 0 Å². The first-order chi connectivity index (χ1) is 16.8. The van der Waals surface area contributed by atoms with Gasteiger partial charge in [0.1, 0.15) is 18.2 Å². The van der Waals surface area contributed by atoms with Crippen molar-refractivity contribution in [2.45, 2.75) is 37.8 Å². The van der Waals surface area contributed by atoms with Gasteiger partial charge in [-0.2, -0.15) is 0 Å². The van der Waals surface area contributed by atoms with Crippen molar-refractivity contribution >= 4 is 18.0 Å². The number of benzene rings is 3. The van der Waals surface area contributed by atoms with Crippen LogP contribution < -0.4 is 5.32 Å². The number of ether oxygens (including phenoxy) is 2. The average molecular weight is 474 g/mol. The number of hydrogen-bond donors (Lipinski definition) is 2. The maximum absolute atomic E-state index is 12.8. The summed E-state index contributed by atoms with van der Waals surface area (Å²) in [5, 5.41) is 11.7. The summed E-state index contributed by atoms with van der Waals surface area (Å²) in [6.45, 7) is 3.45. The predicted molar refractivity (Wildman–Crippen MR) is 130 cm³/mol. The van der Waals surface area contributed by atoms with Crippen LogP contribution in [-0.4, -0.2) is 35.8 Å². The molecule has 1 aliphatic rings. The van der Waals surface area contributed by atoms with E-state index in [1.54, 1.807) is 26.0 Å². The second-order valence-electron chi connectivity index (χ2n) is 8.92. The zero-order valence-corrected chi connectivity index (χ0v) is 19.6. The third-order valence-corrected chi connectivity index (χ3v) is 6.12. The highest BCUT2D eigenvalue weighted by molar-refractivity contribution is 5.86. The molecule has 0 aromatic heterocycles. The molecule has 0 heterocycles. The number of hydrogen-bond acceptors (Lipinski definition) is 5. The van der Waals surface area contributed by atoms with Crippen molar-refractivity contribution in [1.82, 2.24) is 5.32 Å². The first-order valence-electron chi connectivity index (χ1n) is 11.4. The molecule has 0 fully saturated rings. The fourth-order valence-electron chi connectivity index (χ4n) is 4.37. The van der Waals surface area contributed by atoms with Gasteiger partial charge in [0.2, 0.25) is 0 Å². The van der Waals surface area contributed by atoms with Crippen LogP contribution in [0.25, 0.3) is 11.1 Å². The van der Waals surface area contributed by atoms with Crippen molar-refractivity contribution in [2.75, 3.05) is 6.61 Å². The second kappa shape index (κ2) is 10.0. The zero-order chi connectivity index (χ0) is 25.0. The largest absolute Gasteiger partial charge is 0.481 e. The molecule has 180 valence electrons. The number of alkyl carbamates (subject to hydrolysis) is 1. The first kappa shape index (κ1) is 24.0. The molecule has 0 radical (unpaired) electrons. The monoisotopic (exact) mass is 473 g/mol. The number of carboxylic acid groups (broad SMARTS) is 1. The van der Waals surface area contributed by atoms with E-state index in [9.17, 15) is 19.5 Å². The number of esters is 1. The van der Waals surface area contributed by atoms with Crippen LogP contribution in [0.5, 0.6) is 0 Å². The van der Waals surface area contributed by atoms with Gasteiger partial charge >= 0.3 is 18.0 Å². The Labute approximate surface area is 203 Å². The predicted octanol–water partition coefficient (Wildman–Crippen LogP) is 4.85. The number of rotatable bonds is 8. The fraction of sp³-hybridized carbons (Fsp3) is 0.250. The van der Waals surface area contributed by atoms with Crippen LogP contribution in [0.3, 0.4) is 0 Å². The van der Waals surface area contributed by atoms with Gasteiger partial charge in [-0.1, -0.05) is 78.9 Å². The van der Waals surface area contributed by atoms with E-state index in [1.807, 2.05) is 66.7 Å². The quantitative estimate of drug-likeness (QED) is 0.454. The van der Waals surface area contributed by atoms with Crippen molar-refractivity contribution in [3.05, 3.63) is 95.6 Å². The fourth-order valence-corrected chi connectivity index (χ4v) is 4.37. The molecule has 3 aromatic carbocycles. The smallest absolute Gasteiger partial charge is 0.407 e. The molecule has 1 atom stereocenters. The normalized spacial score (nSPS) is 13.3. The first-order valence-corrected chi connectivity index (χ1v) is 11.4. The topological polar surface area (TPSA) is 102 Å². The number of carboxylic acids is 1. The molecule has 0 bridgehead atoms. The van der Waals surface area contributed by atoms with E-state index in [0.29, 0.717) is 0 Å². The lowest BCUT2D eigenvalue weighted by molar-refractivity contribution is -0.162. The Balaban J connectivity index is 1.43. The Morgan fingerprint density at radius 2 is 1.43 bits per heavy atom. The van der Waals surface area contributed by atoms with Gasteiger partial charge in [0.15, 0.2) is 0 Å². The molecule has 1 amide bonds. The number of carbonyl (C=O) groups is 3. The van der Waals surface area contributed by atoms with Gasteiger partial charge in [0.05, 0.1) is 6.42 Å². The molecule has 1 aliphatic carbocycles. The highest BCUT2D eigenvalue weighted by Gasteiger charge is 2.33. The highest BCUT2D eigenvalue weighted by Crippen LogP contribution is 2.44. The van der Waals surface area contributed by atoms with Gasteiger partial charge in [-0.3, -0.25) is 4.79 Å². The highest BCUT2D eigenvalue weighted by atomic mass is 16.6. The van der Waals surface area contributed by atoms with E-state index in [0.717, 1.165) is 27.8 Å². The number of fused-ring (bicyclic) bond motifs is 3. The van der Waals surface area contributed by atoms with Crippen LogP contribution in [0.15, 0.2) is 78.9 Å². The van der Waals surface area contributed by atoms with Crippen molar-refractivity contribution in [3.8, 4) is 11.1 Å². The molecule has 0 spiro atoms. The summed E-state index contributed by atoms with van der Waals surface area (Å²) in [6.07, 6.45) is -1.51. The lowest BCUT2D eigenvalue weighted by atomic mass is 9.98. The molecule has 3 aromatic rings. The summed E-state index contributed by atoms with van der Waals surface area (Å²) >= 11 is 0. The van der Waals surface area contributed by atoms with Crippen LogP contribution in [0.2, 0.25) is 0 Å². The summed E-state index contributed by atoms with van der Waals surface area (Å²) < 4.78 is 11.1. The van der Waals surface area contributed by atoms with Crippen molar-refractivity contribution in [3.63, 3.8) is 0 Å². The number of carbonyl (C=O) groups excluding carboxylic acids is 2. The Bertz CT molecular complexity index is 1190. The summed E-state index contributed by atoms with van der Waals surface area (Å²) in [6, 6.07) is 23.5. The molecule has 0 saturated carbocycles. The van der Waals surface area contributed by atoms with Crippen LogP contribution >= 0.6 is 0 Å². The molecule has 0 saturated heterocycles. The molecule has 7 heteroatoms. The molecular formula is C28H27NO6. The number of amides is 1. The van der Waals surface area contributed by atoms with Crippen LogP contribution in [0.1, 0.15) is 42.9 Å². The summed E-state index contributed by atoms with van der Waals surface area (Å²) in [5.74, 6) is -2.26. The van der Waals surface area contributed by atoms with E-state index in [2.05, 4.69) is 5.32 Å². The van der Waals surface area contributed by atoms with E-state index in [-0.39, 0.29) is 12.5 Å². The summed E-state index contributed by atoms with van der Waals surface area (Å²) in [5.41, 5.74) is 4.00. The number of nitrogens with one attached hydrogen (secondary N) is 1. The zero-order valence-electron chi connectivity index (χ0n) is 19.6. The maximum atomic E-state index is 12.8. The van der Waals surface area contributed by atoms with Crippen LogP contribution in [-0.2, 0) is 24.7 Å². The van der Waals surface area contributed by atoms with E-state index >= 15 is 0 Å². The van der Waals surface area contributed by atoms with Gasteiger partial charge in [0.25, 0.3) is 0 Å². The lowest BCUT2D eigenvalue weighted by Crippen LogP contribution is -2.45. The van der Waals surface area contributed by atoms with Gasteiger partial charge in [-0.05, 0) is 41.7 Å². The van der Waals surface area contributed by atoms with Gasteiger partial charge in [-0.25, -0.2) is 9.59 Å². The minimum atomic E-state index is -1.40. The standard InChI is InChI=1S/C28H27NO6/c1-28(2,18-10-4-3-5-11-18)35-26(32)24(16-25(30)31)29-27(33)34-17-23-21-14-8-6-12-19(21)20-13-7-9-15-22(20)23/h3-15,23-24H,16-17H2,1-2H3,(H,29,33)(H,30,31)/t24-/m0/s1. The molecule has 0 unspecified atom stereocenters. The molecular weight excluding hydrogens is 446 g/mol. The van der Waals surface area contributed by atoms with E-state index in [4.69, 9.17) is 9.47 Å². The second-order valence-corrected chi connectivity index (χ2v) is 8.92. The minimum Gasteiger partial charge on any atom is -0.481 e. The molecule has 7 nitrogen and oxygen atoms in total. The van der Waals surface area contributed by atoms with E-state index < -0.39 is 36.1 Å². The lowest BCUT2D eigenvalue weighted by Gasteiger charge is -2.28. The molecule has 4 rings (SSSR count). The van der Waals surface area contributed by atoms with Crippen molar-refractivity contribution in [2.24, 2.45) is 0 Å². The number of aliphatic carboxylic acids is 1. The summed E-state index contributed by atoms with van der Waals surface area (Å²) in [4.78, 5) is 36.8. The molecule has 35 heavy (non-hydrogen) atoms. The maximum Gasteiger partial charge on any atom is 0.407 e.